The average molecular weight is 256 g/mol. The van der Waals surface area contributed by atoms with Gasteiger partial charge in [0.1, 0.15) is 5.75 Å². The smallest absolute Gasteiger partial charge is 0.237 e. The molecule has 0 bridgehead atoms. The van der Waals surface area contributed by atoms with Crippen molar-refractivity contribution in [3.63, 3.8) is 0 Å². The average Bonchev–Trinajstić information content (AvgIpc) is 2.21. The quantitative estimate of drug-likeness (QED) is 0.796. The maximum absolute atomic E-state index is 12.0. The zero-order valence-corrected chi connectivity index (χ0v) is 10.9. The van der Waals surface area contributed by atoms with Crippen LogP contribution in [0.2, 0.25) is 0 Å². The SMILES string of the molecule is Cc1c(N)cccc1S(=O)(=O)CC(=O)N(C)C. The van der Waals surface area contributed by atoms with Crippen LogP contribution in [0.5, 0.6) is 0 Å². The van der Waals surface area contributed by atoms with Crippen molar-refractivity contribution in [2.24, 2.45) is 0 Å². The minimum Gasteiger partial charge on any atom is -0.398 e. The Bertz CT molecular complexity index is 536. The van der Waals surface area contributed by atoms with E-state index in [1.54, 1.807) is 19.1 Å². The van der Waals surface area contributed by atoms with Crippen molar-refractivity contribution in [3.05, 3.63) is 23.8 Å². The first-order valence-electron chi connectivity index (χ1n) is 5.03. The molecule has 5 nitrogen and oxygen atoms in total. The molecule has 0 saturated heterocycles. The van der Waals surface area contributed by atoms with E-state index in [4.69, 9.17) is 5.73 Å². The molecule has 1 amide bonds. The van der Waals surface area contributed by atoms with Gasteiger partial charge in [-0.1, -0.05) is 6.07 Å². The molecule has 0 aliphatic carbocycles. The number of rotatable bonds is 3. The van der Waals surface area contributed by atoms with Crippen LogP contribution in [0.25, 0.3) is 0 Å². The van der Waals surface area contributed by atoms with Crippen molar-refractivity contribution >= 4 is 21.4 Å². The summed E-state index contributed by atoms with van der Waals surface area (Å²) in [6.45, 7) is 1.63. The number of nitrogens with zero attached hydrogens (tertiary/aromatic N) is 1. The molecule has 1 aromatic carbocycles. The molecule has 0 atom stereocenters. The number of anilines is 1. The van der Waals surface area contributed by atoms with Crippen molar-refractivity contribution in [3.8, 4) is 0 Å². The highest BCUT2D eigenvalue weighted by molar-refractivity contribution is 7.92. The Hall–Kier alpha value is -1.56. The molecule has 1 rings (SSSR count). The van der Waals surface area contributed by atoms with Gasteiger partial charge in [-0.05, 0) is 24.6 Å². The van der Waals surface area contributed by atoms with E-state index >= 15 is 0 Å². The van der Waals surface area contributed by atoms with Crippen molar-refractivity contribution < 1.29 is 13.2 Å². The summed E-state index contributed by atoms with van der Waals surface area (Å²) in [5, 5.41) is 0. The fourth-order valence-corrected chi connectivity index (χ4v) is 2.95. The van der Waals surface area contributed by atoms with Crippen LogP contribution < -0.4 is 5.73 Å². The molecule has 2 N–H and O–H groups in total. The third kappa shape index (κ3) is 2.97. The minimum atomic E-state index is -3.63. The lowest BCUT2D eigenvalue weighted by Crippen LogP contribution is -2.29. The van der Waals surface area contributed by atoms with E-state index in [1.165, 1.54) is 25.1 Å². The van der Waals surface area contributed by atoms with Gasteiger partial charge in [0, 0.05) is 19.8 Å². The highest BCUT2D eigenvalue weighted by Crippen LogP contribution is 2.21. The molecule has 1 aromatic rings. The van der Waals surface area contributed by atoms with Gasteiger partial charge in [-0.25, -0.2) is 8.42 Å². The third-order valence-electron chi connectivity index (χ3n) is 2.47. The highest BCUT2D eigenvalue weighted by atomic mass is 32.2. The molecule has 0 unspecified atom stereocenters. The van der Waals surface area contributed by atoms with Crippen LogP contribution in [0.1, 0.15) is 5.56 Å². The van der Waals surface area contributed by atoms with Gasteiger partial charge >= 0.3 is 0 Å². The number of hydrogen-bond donors (Lipinski definition) is 1. The zero-order chi connectivity index (χ0) is 13.2. The summed E-state index contributed by atoms with van der Waals surface area (Å²) in [4.78, 5) is 12.8. The molecule has 0 heterocycles. The van der Waals surface area contributed by atoms with Gasteiger partial charge in [0.15, 0.2) is 9.84 Å². The number of nitrogens with two attached hydrogens (primary N) is 1. The number of benzene rings is 1. The van der Waals surface area contributed by atoms with Gasteiger partial charge in [0.05, 0.1) is 4.90 Å². The van der Waals surface area contributed by atoms with Crippen molar-refractivity contribution in [2.75, 3.05) is 25.6 Å². The minimum absolute atomic E-state index is 0.118. The van der Waals surface area contributed by atoms with Crippen LogP contribution in [0, 0.1) is 6.92 Å². The Morgan fingerprint density at radius 2 is 1.94 bits per heavy atom. The first-order chi connectivity index (χ1) is 7.75. The lowest BCUT2D eigenvalue weighted by atomic mass is 10.2. The largest absolute Gasteiger partial charge is 0.398 e. The molecular weight excluding hydrogens is 240 g/mol. The normalized spacial score (nSPS) is 11.2. The van der Waals surface area contributed by atoms with Crippen LogP contribution in [0.4, 0.5) is 5.69 Å². The molecule has 0 aliphatic heterocycles. The maximum Gasteiger partial charge on any atom is 0.237 e. The molecule has 0 fully saturated rings. The fourth-order valence-electron chi connectivity index (χ4n) is 1.34. The van der Waals surface area contributed by atoms with E-state index in [2.05, 4.69) is 0 Å². The summed E-state index contributed by atoms with van der Waals surface area (Å²) in [7, 11) is -0.593. The predicted molar refractivity (Wildman–Crippen MR) is 66.3 cm³/mol. The second-order valence-corrected chi connectivity index (χ2v) is 5.98. The fraction of sp³-hybridized carbons (Fsp3) is 0.364. The Kier molecular flexibility index (Phi) is 3.77. The maximum atomic E-state index is 12.0. The number of carbonyl (C=O) groups excluding carboxylic acids is 1. The second kappa shape index (κ2) is 4.75. The highest BCUT2D eigenvalue weighted by Gasteiger charge is 2.22. The summed E-state index contributed by atoms with van der Waals surface area (Å²) < 4.78 is 24.0. The number of amides is 1. The topological polar surface area (TPSA) is 80.5 Å². The van der Waals surface area contributed by atoms with Crippen molar-refractivity contribution in [1.82, 2.24) is 4.90 Å². The van der Waals surface area contributed by atoms with Crippen LogP contribution in [0.3, 0.4) is 0 Å². The summed E-state index contributed by atoms with van der Waals surface area (Å²) in [5.41, 5.74) is 6.54. The number of hydrogen-bond acceptors (Lipinski definition) is 4. The number of carbonyl (C=O) groups is 1. The first-order valence-corrected chi connectivity index (χ1v) is 6.69. The molecule has 0 aromatic heterocycles. The summed E-state index contributed by atoms with van der Waals surface area (Å²) in [6, 6.07) is 4.65. The lowest BCUT2D eigenvalue weighted by Gasteiger charge is -2.12. The van der Waals surface area contributed by atoms with Crippen molar-refractivity contribution in [2.45, 2.75) is 11.8 Å². The lowest BCUT2D eigenvalue weighted by molar-refractivity contribution is -0.125. The van der Waals surface area contributed by atoms with Crippen molar-refractivity contribution in [1.29, 1.82) is 0 Å². The van der Waals surface area contributed by atoms with E-state index in [0.29, 0.717) is 11.3 Å². The Labute approximate surface area is 101 Å². The molecule has 0 aliphatic rings. The Balaban J connectivity index is 3.15. The van der Waals surface area contributed by atoms with E-state index in [1.807, 2.05) is 0 Å². The monoisotopic (exact) mass is 256 g/mol. The Morgan fingerprint density at radius 1 is 1.35 bits per heavy atom. The molecule has 6 heteroatoms. The van der Waals surface area contributed by atoms with Gasteiger partial charge in [0.25, 0.3) is 0 Å². The summed E-state index contributed by atoms with van der Waals surface area (Å²) in [6.07, 6.45) is 0. The molecule has 0 spiro atoms. The van der Waals surface area contributed by atoms with Crippen LogP contribution in [-0.4, -0.2) is 39.1 Å². The van der Waals surface area contributed by atoms with Gasteiger partial charge in [0.2, 0.25) is 5.91 Å². The van der Waals surface area contributed by atoms with E-state index in [9.17, 15) is 13.2 Å². The third-order valence-corrected chi connectivity index (χ3v) is 4.21. The van der Waals surface area contributed by atoms with Crippen LogP contribution in [-0.2, 0) is 14.6 Å². The molecule has 0 radical (unpaired) electrons. The van der Waals surface area contributed by atoms with E-state index in [0.717, 1.165) is 0 Å². The van der Waals surface area contributed by atoms with Crippen LogP contribution >= 0.6 is 0 Å². The van der Waals surface area contributed by atoms with Gasteiger partial charge < -0.3 is 10.6 Å². The standard InChI is InChI=1S/C11H16N2O3S/c1-8-9(12)5-4-6-10(8)17(15,16)7-11(14)13(2)3/h4-6H,7,12H2,1-3H3. The first kappa shape index (κ1) is 13.5. The number of nitrogen functional groups attached to an aromatic ring is 1. The number of sulfone groups is 1. The molecule has 0 saturated carbocycles. The summed E-state index contributed by atoms with van der Waals surface area (Å²) in [5.74, 6) is -0.989. The second-order valence-electron chi connectivity index (χ2n) is 4.02. The predicted octanol–water partition coefficient (Wildman–Crippen LogP) is 0.439. The molecular formula is C11H16N2O3S. The van der Waals surface area contributed by atoms with Gasteiger partial charge in [-0.3, -0.25) is 4.79 Å². The van der Waals surface area contributed by atoms with Crippen LogP contribution in [0.15, 0.2) is 23.1 Å². The molecule has 17 heavy (non-hydrogen) atoms. The van der Waals surface area contributed by atoms with E-state index < -0.39 is 21.5 Å². The van der Waals surface area contributed by atoms with Gasteiger partial charge in [-0.2, -0.15) is 0 Å². The van der Waals surface area contributed by atoms with Gasteiger partial charge in [-0.15, -0.1) is 0 Å². The Morgan fingerprint density at radius 3 is 2.47 bits per heavy atom. The zero-order valence-electron chi connectivity index (χ0n) is 10.1. The summed E-state index contributed by atoms with van der Waals surface area (Å²) >= 11 is 0. The van der Waals surface area contributed by atoms with E-state index in [-0.39, 0.29) is 4.90 Å². The molecule has 94 valence electrons.